The van der Waals surface area contributed by atoms with Crippen LogP contribution in [0.1, 0.15) is 5.56 Å². The highest BCUT2D eigenvalue weighted by atomic mass is 19.1. The molecule has 0 unspecified atom stereocenters. The van der Waals surface area contributed by atoms with Gasteiger partial charge in [0.25, 0.3) is 0 Å². The van der Waals surface area contributed by atoms with Crippen molar-refractivity contribution in [3.05, 3.63) is 72.0 Å². The Balaban J connectivity index is 1.31. The molecule has 6 heteroatoms. The Labute approximate surface area is 169 Å². The number of hydrogen-bond acceptors (Lipinski definition) is 3. The van der Waals surface area contributed by atoms with Gasteiger partial charge in [0.05, 0.1) is 7.11 Å². The maximum atomic E-state index is 13.9. The molecule has 0 atom stereocenters. The maximum absolute atomic E-state index is 13.9. The third kappa shape index (κ3) is 4.49. The topological polar surface area (TPSA) is 44.8 Å². The molecule has 4 rings (SSSR count). The van der Waals surface area contributed by atoms with Gasteiger partial charge in [0.2, 0.25) is 0 Å². The van der Waals surface area contributed by atoms with E-state index < -0.39 is 0 Å². The Kier molecular flexibility index (Phi) is 5.62. The van der Waals surface area contributed by atoms with Crippen LogP contribution in [-0.2, 0) is 6.54 Å². The molecule has 2 amide bonds. The number of carbonyl (C=O) groups is 1. The normalized spacial score (nSPS) is 14.8. The summed E-state index contributed by atoms with van der Waals surface area (Å²) in [4.78, 5) is 16.7. The van der Waals surface area contributed by atoms with Crippen LogP contribution >= 0.6 is 0 Å². The number of amides is 2. The number of ether oxygens (including phenoxy) is 1. The number of anilines is 1. The molecule has 1 aliphatic rings. The molecule has 29 heavy (non-hydrogen) atoms. The first-order valence-electron chi connectivity index (χ1n) is 9.72. The van der Waals surface area contributed by atoms with Gasteiger partial charge in [-0.15, -0.1) is 0 Å². The number of nitrogens with one attached hydrogen (secondary N) is 1. The number of benzene rings is 3. The van der Waals surface area contributed by atoms with E-state index in [0.717, 1.165) is 35.1 Å². The number of hydrogen-bond donors (Lipinski definition) is 1. The van der Waals surface area contributed by atoms with Crippen LogP contribution in [0.4, 0.5) is 14.9 Å². The van der Waals surface area contributed by atoms with E-state index in [9.17, 15) is 9.18 Å². The van der Waals surface area contributed by atoms with Crippen molar-refractivity contribution in [1.29, 1.82) is 0 Å². The molecule has 1 saturated heterocycles. The molecule has 1 fully saturated rings. The molecule has 0 bridgehead atoms. The number of urea groups is 1. The Morgan fingerprint density at radius 3 is 2.48 bits per heavy atom. The zero-order valence-corrected chi connectivity index (χ0v) is 16.4. The maximum Gasteiger partial charge on any atom is 0.321 e. The molecule has 5 nitrogen and oxygen atoms in total. The van der Waals surface area contributed by atoms with Gasteiger partial charge in [0.15, 0.2) is 11.6 Å². The first-order chi connectivity index (χ1) is 14.1. The van der Waals surface area contributed by atoms with Crippen molar-refractivity contribution in [2.24, 2.45) is 0 Å². The van der Waals surface area contributed by atoms with Crippen molar-refractivity contribution in [3.8, 4) is 5.75 Å². The molecule has 0 spiro atoms. The fourth-order valence-electron chi connectivity index (χ4n) is 3.65. The lowest BCUT2D eigenvalue weighted by atomic mass is 10.1. The average Bonchev–Trinajstić information content (AvgIpc) is 2.74. The van der Waals surface area contributed by atoms with Crippen molar-refractivity contribution >= 4 is 22.5 Å². The van der Waals surface area contributed by atoms with E-state index in [-0.39, 0.29) is 17.6 Å². The second-order valence-electron chi connectivity index (χ2n) is 7.22. The number of carbonyl (C=O) groups excluding carboxylic acids is 1. The minimum absolute atomic E-state index is 0.0876. The van der Waals surface area contributed by atoms with Gasteiger partial charge >= 0.3 is 6.03 Å². The second-order valence-corrected chi connectivity index (χ2v) is 7.22. The van der Waals surface area contributed by atoms with E-state index in [1.54, 1.807) is 6.07 Å². The predicted molar refractivity (Wildman–Crippen MR) is 113 cm³/mol. The minimum atomic E-state index is -0.349. The number of nitrogens with zero attached hydrogens (tertiary/aromatic N) is 2. The van der Waals surface area contributed by atoms with Crippen LogP contribution in [0.2, 0.25) is 0 Å². The van der Waals surface area contributed by atoms with E-state index in [1.165, 1.54) is 13.2 Å². The van der Waals surface area contributed by atoms with Crippen molar-refractivity contribution in [1.82, 2.24) is 9.80 Å². The standard InChI is InChI=1S/C23H24FN3O2/c1-29-22-9-6-17(14-21(22)24)16-26-10-12-27(13-11-26)23(28)25-20-8-7-18-4-2-3-5-19(18)15-20/h2-9,14-15H,10-13,16H2,1H3,(H,25,28). The van der Waals surface area contributed by atoms with Crippen molar-refractivity contribution in [3.63, 3.8) is 0 Å². The number of rotatable bonds is 4. The van der Waals surface area contributed by atoms with E-state index in [1.807, 2.05) is 47.4 Å². The summed E-state index contributed by atoms with van der Waals surface area (Å²) in [7, 11) is 1.46. The van der Waals surface area contributed by atoms with Crippen LogP contribution < -0.4 is 10.1 Å². The van der Waals surface area contributed by atoms with Gasteiger partial charge in [0, 0.05) is 38.4 Å². The molecule has 1 N–H and O–H groups in total. The highest BCUT2D eigenvalue weighted by Gasteiger charge is 2.21. The van der Waals surface area contributed by atoms with Crippen LogP contribution in [0, 0.1) is 5.82 Å². The van der Waals surface area contributed by atoms with Gasteiger partial charge < -0.3 is 15.0 Å². The van der Waals surface area contributed by atoms with E-state index in [2.05, 4.69) is 16.3 Å². The fourth-order valence-corrected chi connectivity index (χ4v) is 3.65. The van der Waals surface area contributed by atoms with Gasteiger partial charge in [-0.1, -0.05) is 36.4 Å². The van der Waals surface area contributed by atoms with Gasteiger partial charge in [-0.25, -0.2) is 9.18 Å². The summed E-state index contributed by atoms with van der Waals surface area (Å²) >= 11 is 0. The Hall–Kier alpha value is -3.12. The lowest BCUT2D eigenvalue weighted by Gasteiger charge is -2.34. The van der Waals surface area contributed by atoms with Crippen LogP contribution in [0.25, 0.3) is 10.8 Å². The SMILES string of the molecule is COc1ccc(CN2CCN(C(=O)Nc3ccc4ccccc4c3)CC2)cc1F. The summed E-state index contributed by atoms with van der Waals surface area (Å²) in [6.07, 6.45) is 0. The quantitative estimate of drug-likeness (QED) is 0.717. The smallest absolute Gasteiger partial charge is 0.321 e. The molecule has 1 aliphatic heterocycles. The third-order valence-electron chi connectivity index (χ3n) is 5.28. The second kappa shape index (κ2) is 8.49. The molecule has 0 aromatic heterocycles. The summed E-state index contributed by atoms with van der Waals surface area (Å²) in [5.74, 6) is -0.0951. The molecule has 3 aromatic rings. The molecular weight excluding hydrogens is 369 g/mol. The van der Waals surface area contributed by atoms with Crippen LogP contribution in [0.5, 0.6) is 5.75 Å². The van der Waals surface area contributed by atoms with Crippen LogP contribution in [-0.4, -0.2) is 49.1 Å². The Bertz CT molecular complexity index is 1020. The van der Waals surface area contributed by atoms with Crippen LogP contribution in [0.3, 0.4) is 0 Å². The number of fused-ring (bicyclic) bond motifs is 1. The molecule has 3 aromatic carbocycles. The zero-order valence-electron chi connectivity index (χ0n) is 16.4. The first kappa shape index (κ1) is 19.2. The highest BCUT2D eigenvalue weighted by molar-refractivity contribution is 5.93. The zero-order chi connectivity index (χ0) is 20.2. The largest absolute Gasteiger partial charge is 0.494 e. The van der Waals surface area contributed by atoms with Crippen molar-refractivity contribution in [2.75, 3.05) is 38.6 Å². The van der Waals surface area contributed by atoms with Gasteiger partial charge in [-0.2, -0.15) is 0 Å². The monoisotopic (exact) mass is 393 g/mol. The summed E-state index contributed by atoms with van der Waals surface area (Å²) in [6.45, 7) is 3.43. The molecule has 0 saturated carbocycles. The molecular formula is C23H24FN3O2. The number of methoxy groups -OCH3 is 1. The van der Waals surface area contributed by atoms with Gasteiger partial charge in [0.1, 0.15) is 0 Å². The average molecular weight is 393 g/mol. The Morgan fingerprint density at radius 1 is 1.00 bits per heavy atom. The van der Waals surface area contributed by atoms with Gasteiger partial charge in [-0.05, 0) is 40.6 Å². The lowest BCUT2D eigenvalue weighted by Crippen LogP contribution is -2.49. The molecule has 0 aliphatic carbocycles. The van der Waals surface area contributed by atoms with Crippen LogP contribution in [0.15, 0.2) is 60.7 Å². The summed E-state index contributed by atoms with van der Waals surface area (Å²) in [5.41, 5.74) is 1.70. The molecule has 1 heterocycles. The summed E-state index contributed by atoms with van der Waals surface area (Å²) in [6, 6.07) is 18.9. The Morgan fingerprint density at radius 2 is 1.76 bits per heavy atom. The molecule has 150 valence electrons. The minimum Gasteiger partial charge on any atom is -0.494 e. The number of halogens is 1. The first-order valence-corrected chi connectivity index (χ1v) is 9.72. The highest BCUT2D eigenvalue weighted by Crippen LogP contribution is 2.21. The van der Waals surface area contributed by atoms with Crippen molar-refractivity contribution < 1.29 is 13.9 Å². The van der Waals surface area contributed by atoms with E-state index >= 15 is 0 Å². The third-order valence-corrected chi connectivity index (χ3v) is 5.28. The number of piperazine rings is 1. The fraction of sp³-hybridized carbons (Fsp3) is 0.261. The van der Waals surface area contributed by atoms with Gasteiger partial charge in [-0.3, -0.25) is 4.90 Å². The van der Waals surface area contributed by atoms with E-state index in [0.29, 0.717) is 19.6 Å². The summed E-state index contributed by atoms with van der Waals surface area (Å²) < 4.78 is 18.8. The predicted octanol–water partition coefficient (Wildman–Crippen LogP) is 4.34. The molecule has 0 radical (unpaired) electrons. The van der Waals surface area contributed by atoms with E-state index in [4.69, 9.17) is 4.74 Å². The summed E-state index contributed by atoms with van der Waals surface area (Å²) in [5, 5.41) is 5.24. The lowest BCUT2D eigenvalue weighted by molar-refractivity contribution is 0.143. The van der Waals surface area contributed by atoms with Crippen molar-refractivity contribution in [2.45, 2.75) is 6.54 Å².